The van der Waals surface area contributed by atoms with Gasteiger partial charge in [0.05, 0.1) is 6.61 Å². The second kappa shape index (κ2) is 6.64. The van der Waals surface area contributed by atoms with Crippen LogP contribution in [0.4, 0.5) is 5.82 Å². The highest BCUT2D eigenvalue weighted by Gasteiger charge is 2.04. The van der Waals surface area contributed by atoms with Gasteiger partial charge in [0.15, 0.2) is 5.65 Å². The lowest BCUT2D eigenvalue weighted by Gasteiger charge is -2.11. The summed E-state index contributed by atoms with van der Waals surface area (Å²) in [5.41, 5.74) is 3.16. The predicted octanol–water partition coefficient (Wildman–Crippen LogP) is 3.14. The maximum Gasteiger partial charge on any atom is 0.176 e. The van der Waals surface area contributed by atoms with Gasteiger partial charge < -0.3 is 10.1 Å². The van der Waals surface area contributed by atoms with Gasteiger partial charge in [-0.2, -0.15) is 0 Å². The Morgan fingerprint density at radius 1 is 1.13 bits per heavy atom. The smallest absolute Gasteiger partial charge is 0.176 e. The van der Waals surface area contributed by atoms with Crippen molar-refractivity contribution in [3.8, 4) is 5.75 Å². The van der Waals surface area contributed by atoms with E-state index >= 15 is 0 Å². The molecule has 0 fully saturated rings. The summed E-state index contributed by atoms with van der Waals surface area (Å²) in [6.07, 6.45) is 1.01. The number of rotatable bonds is 6. The number of aryl methyl sites for hydroxylation is 2. The first-order valence-electron chi connectivity index (χ1n) is 7.82. The highest BCUT2D eigenvalue weighted by atomic mass is 16.5. The molecule has 3 aromatic rings. The Hall–Kier alpha value is -2.63. The fourth-order valence-corrected chi connectivity index (χ4v) is 2.34. The average molecular weight is 311 g/mol. The van der Waals surface area contributed by atoms with Gasteiger partial charge in [0.1, 0.15) is 17.4 Å². The number of anilines is 1. The van der Waals surface area contributed by atoms with Gasteiger partial charge in [-0.1, -0.05) is 13.0 Å². The van der Waals surface area contributed by atoms with E-state index in [2.05, 4.69) is 46.5 Å². The van der Waals surface area contributed by atoms with Crippen LogP contribution in [0.15, 0.2) is 30.3 Å². The normalized spacial score (nSPS) is 10.9. The molecule has 0 bridgehead atoms. The Bertz CT molecular complexity index is 812. The number of hydrogen-bond acceptors (Lipinski definition) is 5. The molecule has 120 valence electrons. The molecule has 3 rings (SSSR count). The van der Waals surface area contributed by atoms with Crippen molar-refractivity contribution >= 4 is 11.5 Å². The molecule has 0 aliphatic heterocycles. The van der Waals surface area contributed by atoms with Crippen LogP contribution in [0.1, 0.15) is 30.3 Å². The van der Waals surface area contributed by atoms with Crippen LogP contribution in [0.25, 0.3) is 5.65 Å². The van der Waals surface area contributed by atoms with Crippen molar-refractivity contribution in [2.24, 2.45) is 0 Å². The van der Waals surface area contributed by atoms with Gasteiger partial charge in [0, 0.05) is 6.54 Å². The van der Waals surface area contributed by atoms with Crippen molar-refractivity contribution in [1.29, 1.82) is 0 Å². The van der Waals surface area contributed by atoms with E-state index in [4.69, 9.17) is 4.74 Å². The van der Waals surface area contributed by atoms with Crippen molar-refractivity contribution < 1.29 is 4.74 Å². The van der Waals surface area contributed by atoms with E-state index in [1.54, 1.807) is 4.63 Å². The number of nitrogens with one attached hydrogen (secondary N) is 1. The first-order valence-corrected chi connectivity index (χ1v) is 7.82. The Morgan fingerprint density at radius 3 is 2.78 bits per heavy atom. The zero-order chi connectivity index (χ0) is 16.2. The van der Waals surface area contributed by atoms with E-state index in [0.29, 0.717) is 12.4 Å². The third-order valence-electron chi connectivity index (χ3n) is 3.56. The van der Waals surface area contributed by atoms with Crippen LogP contribution >= 0.6 is 0 Å². The SMILES string of the molecule is CCCOc1ccc(CNc2ccc3nc(C)nn3n2)c(C)c1. The fraction of sp³-hybridized carbons (Fsp3) is 0.353. The maximum atomic E-state index is 5.65. The number of ether oxygens (including phenoxy) is 1. The second-order valence-electron chi connectivity index (χ2n) is 5.52. The molecule has 0 unspecified atom stereocenters. The molecule has 6 heteroatoms. The standard InChI is InChI=1S/C17H21N5O/c1-4-9-23-15-6-5-14(12(2)10-15)11-18-16-7-8-17-19-13(3)20-22(17)21-16/h5-8,10H,4,9,11H2,1-3H3,(H,18,21). The van der Waals surface area contributed by atoms with E-state index in [9.17, 15) is 0 Å². The predicted molar refractivity (Wildman–Crippen MR) is 89.8 cm³/mol. The second-order valence-corrected chi connectivity index (χ2v) is 5.52. The molecule has 6 nitrogen and oxygen atoms in total. The van der Waals surface area contributed by atoms with Crippen LogP contribution in [-0.2, 0) is 6.54 Å². The quantitative estimate of drug-likeness (QED) is 0.757. The largest absolute Gasteiger partial charge is 0.494 e. The topological polar surface area (TPSA) is 64.3 Å². The number of fused-ring (bicyclic) bond motifs is 1. The van der Waals surface area contributed by atoms with Gasteiger partial charge in [0.2, 0.25) is 0 Å². The first kappa shape index (κ1) is 15.3. The number of benzene rings is 1. The van der Waals surface area contributed by atoms with Crippen molar-refractivity contribution in [3.63, 3.8) is 0 Å². The summed E-state index contributed by atoms with van der Waals surface area (Å²) in [7, 11) is 0. The number of aromatic nitrogens is 4. The van der Waals surface area contributed by atoms with Crippen LogP contribution < -0.4 is 10.1 Å². The minimum atomic E-state index is 0.700. The lowest BCUT2D eigenvalue weighted by atomic mass is 10.1. The van der Waals surface area contributed by atoms with Crippen LogP contribution in [0.3, 0.4) is 0 Å². The molecule has 0 saturated heterocycles. The van der Waals surface area contributed by atoms with Crippen LogP contribution in [-0.4, -0.2) is 26.4 Å². The lowest BCUT2D eigenvalue weighted by Crippen LogP contribution is -2.06. The van der Waals surface area contributed by atoms with Crippen molar-refractivity contribution in [1.82, 2.24) is 19.8 Å². The third-order valence-corrected chi connectivity index (χ3v) is 3.56. The summed E-state index contributed by atoms with van der Waals surface area (Å²) < 4.78 is 7.20. The zero-order valence-corrected chi connectivity index (χ0v) is 13.7. The monoisotopic (exact) mass is 311 g/mol. The third kappa shape index (κ3) is 3.59. The average Bonchev–Trinajstić information content (AvgIpc) is 2.91. The summed E-state index contributed by atoms with van der Waals surface area (Å²) in [5.74, 6) is 2.41. The minimum Gasteiger partial charge on any atom is -0.494 e. The highest BCUT2D eigenvalue weighted by Crippen LogP contribution is 2.18. The Labute approximate surface area is 135 Å². The van der Waals surface area contributed by atoms with Crippen molar-refractivity contribution in [2.75, 3.05) is 11.9 Å². The van der Waals surface area contributed by atoms with Gasteiger partial charge in [-0.3, -0.25) is 0 Å². The molecule has 0 amide bonds. The molecule has 1 N–H and O–H groups in total. The van der Waals surface area contributed by atoms with Gasteiger partial charge in [-0.15, -0.1) is 14.8 Å². The Balaban J connectivity index is 1.68. The van der Waals surface area contributed by atoms with Crippen LogP contribution in [0, 0.1) is 13.8 Å². The molecular formula is C17H21N5O. The molecule has 0 aliphatic carbocycles. The Morgan fingerprint density at radius 2 is 2.00 bits per heavy atom. The lowest BCUT2D eigenvalue weighted by molar-refractivity contribution is 0.317. The minimum absolute atomic E-state index is 0.700. The van der Waals surface area contributed by atoms with Crippen LogP contribution in [0.5, 0.6) is 5.75 Å². The van der Waals surface area contributed by atoms with E-state index in [1.807, 2.05) is 25.1 Å². The molecule has 0 radical (unpaired) electrons. The van der Waals surface area contributed by atoms with Gasteiger partial charge in [0.25, 0.3) is 0 Å². The fourth-order valence-electron chi connectivity index (χ4n) is 2.34. The van der Waals surface area contributed by atoms with Crippen molar-refractivity contribution in [3.05, 3.63) is 47.3 Å². The molecular weight excluding hydrogens is 290 g/mol. The number of hydrogen-bond donors (Lipinski definition) is 1. The molecule has 0 saturated carbocycles. The summed E-state index contributed by atoms with van der Waals surface area (Å²) in [6.45, 7) is 7.50. The van der Waals surface area contributed by atoms with E-state index in [-0.39, 0.29) is 0 Å². The van der Waals surface area contributed by atoms with E-state index in [0.717, 1.165) is 30.2 Å². The van der Waals surface area contributed by atoms with Crippen LogP contribution in [0.2, 0.25) is 0 Å². The molecule has 2 aromatic heterocycles. The summed E-state index contributed by atoms with van der Waals surface area (Å²) in [5, 5.41) is 12.0. The number of nitrogens with zero attached hydrogens (tertiary/aromatic N) is 4. The van der Waals surface area contributed by atoms with E-state index in [1.165, 1.54) is 11.1 Å². The Kier molecular flexibility index (Phi) is 4.41. The summed E-state index contributed by atoms with van der Waals surface area (Å²) in [6, 6.07) is 9.99. The molecule has 2 heterocycles. The maximum absolute atomic E-state index is 5.65. The molecule has 0 atom stereocenters. The van der Waals surface area contributed by atoms with Gasteiger partial charge >= 0.3 is 0 Å². The van der Waals surface area contributed by atoms with Crippen molar-refractivity contribution in [2.45, 2.75) is 33.7 Å². The summed E-state index contributed by atoms with van der Waals surface area (Å²) in [4.78, 5) is 4.27. The zero-order valence-electron chi connectivity index (χ0n) is 13.7. The molecule has 1 aromatic carbocycles. The molecule has 0 aliphatic rings. The van der Waals surface area contributed by atoms with Gasteiger partial charge in [-0.25, -0.2) is 4.98 Å². The summed E-state index contributed by atoms with van der Waals surface area (Å²) >= 11 is 0. The highest BCUT2D eigenvalue weighted by molar-refractivity contribution is 5.44. The van der Waals surface area contributed by atoms with Gasteiger partial charge in [-0.05, 0) is 55.7 Å². The van der Waals surface area contributed by atoms with E-state index < -0.39 is 0 Å². The molecule has 23 heavy (non-hydrogen) atoms. The molecule has 0 spiro atoms. The first-order chi connectivity index (χ1) is 11.2.